The van der Waals surface area contributed by atoms with Gasteiger partial charge in [0.2, 0.25) is 0 Å². The van der Waals surface area contributed by atoms with Crippen LogP contribution in [-0.2, 0) is 9.47 Å². The fourth-order valence-corrected chi connectivity index (χ4v) is 2.69. The molecule has 0 radical (unpaired) electrons. The number of hydrogen-bond acceptors (Lipinski definition) is 3. The van der Waals surface area contributed by atoms with Crippen LogP contribution in [0.5, 0.6) is 0 Å². The van der Waals surface area contributed by atoms with Crippen molar-refractivity contribution in [1.82, 2.24) is 0 Å². The lowest BCUT2D eigenvalue weighted by Crippen LogP contribution is -2.44. The van der Waals surface area contributed by atoms with Crippen molar-refractivity contribution in [3.63, 3.8) is 0 Å². The molecule has 5 heteroatoms. The van der Waals surface area contributed by atoms with Gasteiger partial charge in [0.25, 0.3) is 0 Å². The minimum Gasteiger partial charge on any atom is -0.385 e. The predicted molar refractivity (Wildman–Crippen MR) is 68.9 cm³/mol. The van der Waals surface area contributed by atoms with Crippen molar-refractivity contribution in [3.05, 3.63) is 34.1 Å². The van der Waals surface area contributed by atoms with Crippen LogP contribution >= 0.6 is 15.9 Å². The molecule has 1 heterocycles. The van der Waals surface area contributed by atoms with Gasteiger partial charge in [-0.1, -0.05) is 15.9 Å². The Kier molecular flexibility index (Phi) is 4.37. The second-order valence-corrected chi connectivity index (χ2v) is 5.37. The summed E-state index contributed by atoms with van der Waals surface area (Å²) >= 11 is 3.28. The van der Waals surface area contributed by atoms with Crippen molar-refractivity contribution < 1.29 is 19.0 Å². The molecular formula is C13H16BrFO3. The number of ether oxygens (including phenoxy) is 2. The summed E-state index contributed by atoms with van der Waals surface area (Å²) in [5.41, 5.74) is -0.506. The first-order chi connectivity index (χ1) is 8.59. The van der Waals surface area contributed by atoms with Gasteiger partial charge in [0.15, 0.2) is 0 Å². The number of aliphatic hydroxyl groups excluding tert-OH is 1. The molecule has 1 fully saturated rings. The maximum atomic E-state index is 13.8. The molecule has 0 aromatic heterocycles. The molecule has 0 saturated carbocycles. The van der Waals surface area contributed by atoms with Crippen molar-refractivity contribution in [2.75, 3.05) is 20.3 Å². The minimum absolute atomic E-state index is 0.258. The summed E-state index contributed by atoms with van der Waals surface area (Å²) < 4.78 is 25.3. The highest BCUT2D eigenvalue weighted by atomic mass is 79.9. The van der Waals surface area contributed by atoms with E-state index in [4.69, 9.17) is 9.47 Å². The maximum Gasteiger partial charge on any atom is 0.129 e. The van der Waals surface area contributed by atoms with Gasteiger partial charge in [-0.25, -0.2) is 4.39 Å². The molecule has 1 aromatic rings. The molecule has 1 aliphatic heterocycles. The van der Waals surface area contributed by atoms with E-state index in [-0.39, 0.29) is 5.56 Å². The number of rotatable bonds is 3. The molecule has 1 atom stereocenters. The van der Waals surface area contributed by atoms with Crippen molar-refractivity contribution >= 4 is 15.9 Å². The molecule has 0 spiro atoms. The third kappa shape index (κ3) is 2.59. The second-order valence-electron chi connectivity index (χ2n) is 4.45. The zero-order valence-electron chi connectivity index (χ0n) is 10.2. The SMILES string of the molecule is COC1(C(O)c2cc(Br)ccc2F)CCOCC1. The molecule has 0 aliphatic carbocycles. The predicted octanol–water partition coefficient (Wildman–Crippen LogP) is 2.82. The average molecular weight is 319 g/mol. The van der Waals surface area contributed by atoms with E-state index in [1.807, 2.05) is 0 Å². The first kappa shape index (κ1) is 13.9. The van der Waals surface area contributed by atoms with Crippen LogP contribution in [0, 0.1) is 5.82 Å². The normalized spacial score (nSPS) is 20.7. The molecule has 3 nitrogen and oxygen atoms in total. The van der Waals surface area contributed by atoms with Crippen LogP contribution in [-0.4, -0.2) is 31.0 Å². The standard InChI is InChI=1S/C13H16BrFO3/c1-17-13(4-6-18-7-5-13)12(16)10-8-9(14)2-3-11(10)15/h2-3,8,12,16H,4-7H2,1H3. The number of methoxy groups -OCH3 is 1. The molecule has 0 bridgehead atoms. The highest BCUT2D eigenvalue weighted by Crippen LogP contribution is 2.38. The summed E-state index contributed by atoms with van der Waals surface area (Å²) in [4.78, 5) is 0. The van der Waals surface area contributed by atoms with E-state index >= 15 is 0 Å². The van der Waals surface area contributed by atoms with E-state index < -0.39 is 17.5 Å². The minimum atomic E-state index is -0.996. The summed E-state index contributed by atoms with van der Waals surface area (Å²) in [7, 11) is 1.55. The lowest BCUT2D eigenvalue weighted by molar-refractivity contribution is -0.155. The van der Waals surface area contributed by atoms with Crippen LogP contribution < -0.4 is 0 Å². The van der Waals surface area contributed by atoms with Crippen molar-refractivity contribution in [2.45, 2.75) is 24.5 Å². The molecule has 100 valence electrons. The number of benzene rings is 1. The topological polar surface area (TPSA) is 38.7 Å². The van der Waals surface area contributed by atoms with Crippen molar-refractivity contribution in [3.8, 4) is 0 Å². The van der Waals surface area contributed by atoms with E-state index in [1.165, 1.54) is 6.07 Å². The first-order valence-electron chi connectivity index (χ1n) is 5.85. The molecule has 2 rings (SSSR count). The van der Waals surface area contributed by atoms with Gasteiger partial charge in [-0.2, -0.15) is 0 Å². The van der Waals surface area contributed by atoms with Gasteiger partial charge in [0.05, 0.1) is 0 Å². The third-order valence-corrected chi connectivity index (χ3v) is 3.99. The van der Waals surface area contributed by atoms with E-state index in [0.717, 1.165) is 4.47 Å². The van der Waals surface area contributed by atoms with Crippen LogP contribution in [0.2, 0.25) is 0 Å². The summed E-state index contributed by atoms with van der Waals surface area (Å²) in [6.45, 7) is 1.03. The third-order valence-electron chi connectivity index (χ3n) is 3.50. The largest absolute Gasteiger partial charge is 0.385 e. The number of hydrogen-bond donors (Lipinski definition) is 1. The second kappa shape index (κ2) is 5.65. The molecule has 1 aliphatic rings. The van der Waals surface area contributed by atoms with Crippen molar-refractivity contribution in [2.24, 2.45) is 0 Å². The Hall–Kier alpha value is -0.490. The Bertz CT molecular complexity index is 419. The fourth-order valence-electron chi connectivity index (χ4n) is 2.31. The number of aliphatic hydroxyl groups is 1. The van der Waals surface area contributed by atoms with Crippen LogP contribution in [0.15, 0.2) is 22.7 Å². The highest BCUT2D eigenvalue weighted by Gasteiger charge is 2.41. The highest BCUT2D eigenvalue weighted by molar-refractivity contribution is 9.10. The monoisotopic (exact) mass is 318 g/mol. The Morgan fingerprint density at radius 1 is 1.44 bits per heavy atom. The van der Waals surface area contributed by atoms with E-state index in [2.05, 4.69) is 15.9 Å². The van der Waals surface area contributed by atoms with E-state index in [9.17, 15) is 9.50 Å². The van der Waals surface area contributed by atoms with E-state index in [1.54, 1.807) is 19.2 Å². The molecular weight excluding hydrogens is 303 g/mol. The summed E-state index contributed by atoms with van der Waals surface area (Å²) in [6.07, 6.45) is 0.108. The molecule has 0 amide bonds. The average Bonchev–Trinajstić information content (AvgIpc) is 2.41. The van der Waals surface area contributed by atoms with Gasteiger partial charge in [0.1, 0.15) is 17.5 Å². The number of halogens is 2. The van der Waals surface area contributed by atoms with Gasteiger partial charge in [-0.05, 0) is 18.2 Å². The zero-order chi connectivity index (χ0) is 13.2. The molecule has 1 aromatic carbocycles. The van der Waals surface area contributed by atoms with Gasteiger partial charge >= 0.3 is 0 Å². The van der Waals surface area contributed by atoms with Crippen LogP contribution in [0.3, 0.4) is 0 Å². The molecule has 1 saturated heterocycles. The quantitative estimate of drug-likeness (QED) is 0.931. The lowest BCUT2D eigenvalue weighted by atomic mass is 9.84. The summed E-state index contributed by atoms with van der Waals surface area (Å²) in [6, 6.07) is 4.54. The zero-order valence-corrected chi connectivity index (χ0v) is 11.7. The molecule has 1 N–H and O–H groups in total. The Morgan fingerprint density at radius 3 is 2.72 bits per heavy atom. The van der Waals surface area contributed by atoms with Crippen molar-refractivity contribution in [1.29, 1.82) is 0 Å². The Labute approximate surface area is 114 Å². The smallest absolute Gasteiger partial charge is 0.129 e. The molecule has 18 heavy (non-hydrogen) atoms. The van der Waals surface area contributed by atoms with Gasteiger partial charge in [-0.3, -0.25) is 0 Å². The van der Waals surface area contributed by atoms with E-state index in [0.29, 0.717) is 26.1 Å². The van der Waals surface area contributed by atoms with Gasteiger partial charge < -0.3 is 14.6 Å². The van der Waals surface area contributed by atoms with Gasteiger partial charge in [-0.15, -0.1) is 0 Å². The molecule has 1 unspecified atom stereocenters. The lowest BCUT2D eigenvalue weighted by Gasteiger charge is -2.39. The first-order valence-corrected chi connectivity index (χ1v) is 6.64. The summed E-state index contributed by atoms with van der Waals surface area (Å²) in [5, 5.41) is 10.5. The maximum absolute atomic E-state index is 13.8. The Balaban J connectivity index is 2.33. The fraction of sp³-hybridized carbons (Fsp3) is 0.538. The Morgan fingerprint density at radius 2 is 2.11 bits per heavy atom. The van der Waals surface area contributed by atoms with Crippen LogP contribution in [0.4, 0.5) is 4.39 Å². The van der Waals surface area contributed by atoms with Crippen LogP contribution in [0.1, 0.15) is 24.5 Å². The van der Waals surface area contributed by atoms with Crippen LogP contribution in [0.25, 0.3) is 0 Å². The summed E-state index contributed by atoms with van der Waals surface area (Å²) in [5.74, 6) is -0.423. The van der Waals surface area contributed by atoms with Gasteiger partial charge in [0, 0.05) is 43.2 Å².